The molecule has 0 aliphatic heterocycles. The van der Waals surface area contributed by atoms with Crippen LogP contribution in [0.4, 0.5) is 13.2 Å². The molecule has 1 nitrogen and oxygen atoms in total. The lowest BCUT2D eigenvalue weighted by Gasteiger charge is -2.07. The first kappa shape index (κ1) is 15.8. The SMILES string of the molecule is CCCCCCCCN=C(CCl)C(F)(F)F. The topological polar surface area (TPSA) is 12.4 Å². The number of rotatable bonds is 8. The third kappa shape index (κ3) is 7.97. The molecule has 0 aromatic carbocycles. The molecule has 0 N–H and O–H groups in total. The Morgan fingerprint density at radius 3 is 2.12 bits per heavy atom. The van der Waals surface area contributed by atoms with E-state index in [0.29, 0.717) is 6.42 Å². The van der Waals surface area contributed by atoms with Crippen LogP contribution in [-0.2, 0) is 0 Å². The van der Waals surface area contributed by atoms with Gasteiger partial charge in [-0.25, -0.2) is 0 Å². The van der Waals surface area contributed by atoms with Crippen molar-refractivity contribution in [1.82, 2.24) is 0 Å². The molecule has 0 saturated heterocycles. The lowest BCUT2D eigenvalue weighted by molar-refractivity contribution is -0.0592. The van der Waals surface area contributed by atoms with Crippen molar-refractivity contribution in [2.75, 3.05) is 12.4 Å². The maximum absolute atomic E-state index is 12.2. The fraction of sp³-hybridized carbons (Fsp3) is 0.909. The van der Waals surface area contributed by atoms with E-state index in [-0.39, 0.29) is 6.54 Å². The average molecular weight is 258 g/mol. The van der Waals surface area contributed by atoms with E-state index in [1.165, 1.54) is 12.8 Å². The Kier molecular flexibility index (Phi) is 8.71. The zero-order valence-electron chi connectivity index (χ0n) is 9.62. The molecule has 0 aliphatic rings. The Balaban J connectivity index is 3.65. The number of hydrogen-bond donors (Lipinski definition) is 0. The maximum Gasteiger partial charge on any atom is 0.430 e. The highest BCUT2D eigenvalue weighted by Crippen LogP contribution is 2.18. The van der Waals surface area contributed by atoms with Crippen LogP contribution in [0.15, 0.2) is 4.99 Å². The molecule has 0 rings (SSSR count). The number of aliphatic imine (C=N–C) groups is 1. The van der Waals surface area contributed by atoms with Gasteiger partial charge in [0, 0.05) is 6.54 Å². The van der Waals surface area contributed by atoms with E-state index < -0.39 is 17.8 Å². The second kappa shape index (κ2) is 8.85. The summed E-state index contributed by atoms with van der Waals surface area (Å²) in [5, 5.41) is 0. The summed E-state index contributed by atoms with van der Waals surface area (Å²) in [6.45, 7) is 2.36. The molecule has 0 bridgehead atoms. The van der Waals surface area contributed by atoms with Crippen LogP contribution in [0.3, 0.4) is 0 Å². The first-order valence-electron chi connectivity index (χ1n) is 5.68. The average Bonchev–Trinajstić information content (AvgIpc) is 2.20. The van der Waals surface area contributed by atoms with Crippen LogP contribution >= 0.6 is 11.6 Å². The van der Waals surface area contributed by atoms with Gasteiger partial charge in [-0.05, 0) is 6.42 Å². The molecule has 0 saturated carbocycles. The van der Waals surface area contributed by atoms with E-state index in [1.807, 2.05) is 0 Å². The van der Waals surface area contributed by atoms with Crippen LogP contribution in [0.5, 0.6) is 0 Å². The molecule has 0 spiro atoms. The number of unbranched alkanes of at least 4 members (excludes halogenated alkanes) is 5. The van der Waals surface area contributed by atoms with Gasteiger partial charge in [0.25, 0.3) is 0 Å². The van der Waals surface area contributed by atoms with Crippen LogP contribution in [0.2, 0.25) is 0 Å². The first-order chi connectivity index (χ1) is 7.52. The molecule has 0 radical (unpaired) electrons. The molecular formula is C11H19ClF3N. The summed E-state index contributed by atoms with van der Waals surface area (Å²) < 4.78 is 36.5. The second-order valence-electron chi connectivity index (χ2n) is 3.73. The van der Waals surface area contributed by atoms with Crippen LogP contribution < -0.4 is 0 Å². The van der Waals surface area contributed by atoms with E-state index in [4.69, 9.17) is 11.6 Å². The van der Waals surface area contributed by atoms with Crippen molar-refractivity contribution >= 4 is 17.3 Å². The predicted octanol–water partition coefficient (Wildman–Crippen LogP) is 4.59. The predicted molar refractivity (Wildman–Crippen MR) is 62.5 cm³/mol. The fourth-order valence-electron chi connectivity index (χ4n) is 1.31. The Hall–Kier alpha value is -0.250. The van der Waals surface area contributed by atoms with Gasteiger partial charge in [-0.3, -0.25) is 4.99 Å². The number of alkyl halides is 4. The smallest absolute Gasteiger partial charge is 0.284 e. The highest BCUT2D eigenvalue weighted by molar-refractivity contribution is 6.29. The Morgan fingerprint density at radius 2 is 1.62 bits per heavy atom. The summed E-state index contributed by atoms with van der Waals surface area (Å²) in [6, 6.07) is 0. The molecule has 0 amide bonds. The Labute approximate surface area is 100 Å². The van der Waals surface area contributed by atoms with Gasteiger partial charge in [-0.1, -0.05) is 39.0 Å². The number of halogens is 4. The summed E-state index contributed by atoms with van der Waals surface area (Å²) in [5.41, 5.74) is -0.859. The van der Waals surface area contributed by atoms with Crippen molar-refractivity contribution in [2.45, 2.75) is 51.6 Å². The van der Waals surface area contributed by atoms with Gasteiger partial charge in [-0.2, -0.15) is 13.2 Å². The van der Waals surface area contributed by atoms with Gasteiger partial charge < -0.3 is 0 Å². The van der Waals surface area contributed by atoms with Gasteiger partial charge in [0.15, 0.2) is 0 Å². The van der Waals surface area contributed by atoms with Crippen molar-refractivity contribution < 1.29 is 13.2 Å². The third-order valence-corrected chi connectivity index (χ3v) is 2.52. The molecule has 5 heteroatoms. The molecule has 0 fully saturated rings. The minimum Gasteiger partial charge on any atom is -0.284 e. The summed E-state index contributed by atoms with van der Waals surface area (Å²) >= 11 is 5.18. The molecular weight excluding hydrogens is 239 g/mol. The van der Waals surface area contributed by atoms with E-state index in [1.54, 1.807) is 0 Å². The molecule has 96 valence electrons. The second-order valence-corrected chi connectivity index (χ2v) is 3.99. The van der Waals surface area contributed by atoms with Crippen LogP contribution in [0.25, 0.3) is 0 Å². The summed E-state index contributed by atoms with van der Waals surface area (Å²) in [7, 11) is 0. The fourth-order valence-corrected chi connectivity index (χ4v) is 1.55. The highest BCUT2D eigenvalue weighted by atomic mass is 35.5. The standard InChI is InChI=1S/C11H19ClF3N/c1-2-3-4-5-6-7-8-16-10(9-12)11(13,14)15/h2-9H2,1H3. The van der Waals surface area contributed by atoms with E-state index >= 15 is 0 Å². The monoisotopic (exact) mass is 257 g/mol. The van der Waals surface area contributed by atoms with Crippen molar-refractivity contribution in [3.8, 4) is 0 Å². The minimum atomic E-state index is -4.37. The quantitative estimate of drug-likeness (QED) is 0.343. The Morgan fingerprint density at radius 1 is 1.06 bits per heavy atom. The maximum atomic E-state index is 12.2. The lowest BCUT2D eigenvalue weighted by atomic mass is 10.1. The molecule has 0 aromatic rings. The van der Waals surface area contributed by atoms with E-state index in [2.05, 4.69) is 11.9 Å². The van der Waals surface area contributed by atoms with Crippen molar-refractivity contribution in [3.63, 3.8) is 0 Å². The summed E-state index contributed by atoms with van der Waals surface area (Å²) in [6.07, 6.45) is 1.87. The van der Waals surface area contributed by atoms with E-state index in [0.717, 1.165) is 19.3 Å². The molecule has 0 heterocycles. The summed E-state index contributed by atoms with van der Waals surface area (Å²) in [4.78, 5) is 3.49. The first-order valence-corrected chi connectivity index (χ1v) is 6.22. The van der Waals surface area contributed by atoms with Gasteiger partial charge >= 0.3 is 6.18 Å². The van der Waals surface area contributed by atoms with Crippen LogP contribution in [-0.4, -0.2) is 24.3 Å². The van der Waals surface area contributed by atoms with Crippen molar-refractivity contribution in [3.05, 3.63) is 0 Å². The van der Waals surface area contributed by atoms with Crippen molar-refractivity contribution in [2.24, 2.45) is 4.99 Å². The molecule has 16 heavy (non-hydrogen) atoms. The molecule has 0 atom stereocenters. The van der Waals surface area contributed by atoms with Crippen LogP contribution in [0.1, 0.15) is 45.4 Å². The molecule has 0 aliphatic carbocycles. The zero-order chi connectivity index (χ0) is 12.4. The third-order valence-electron chi connectivity index (χ3n) is 2.27. The van der Waals surface area contributed by atoms with Crippen molar-refractivity contribution in [1.29, 1.82) is 0 Å². The van der Waals surface area contributed by atoms with E-state index in [9.17, 15) is 13.2 Å². The number of hydrogen-bond acceptors (Lipinski definition) is 1. The number of nitrogens with zero attached hydrogens (tertiary/aromatic N) is 1. The highest BCUT2D eigenvalue weighted by Gasteiger charge is 2.34. The van der Waals surface area contributed by atoms with Gasteiger partial charge in [0.1, 0.15) is 5.71 Å². The zero-order valence-corrected chi connectivity index (χ0v) is 10.4. The largest absolute Gasteiger partial charge is 0.430 e. The van der Waals surface area contributed by atoms with Crippen LogP contribution in [0, 0.1) is 0 Å². The minimum absolute atomic E-state index is 0.230. The molecule has 0 unspecified atom stereocenters. The van der Waals surface area contributed by atoms with Gasteiger partial charge in [0.2, 0.25) is 0 Å². The van der Waals surface area contributed by atoms with Gasteiger partial charge in [-0.15, -0.1) is 11.6 Å². The summed E-state index contributed by atoms with van der Waals surface area (Å²) in [5.74, 6) is -0.556. The normalized spacial score (nSPS) is 13.2. The molecule has 0 aromatic heterocycles. The Bertz CT molecular complexity index is 202. The lowest BCUT2D eigenvalue weighted by Crippen LogP contribution is -2.24. The van der Waals surface area contributed by atoms with Gasteiger partial charge in [0.05, 0.1) is 5.88 Å².